The molecule has 0 bridgehead atoms. The number of nitrogens with one attached hydrogen (secondary N) is 1. The molecular formula is C16H25BrN2. The molecular weight excluding hydrogens is 300 g/mol. The van der Waals surface area contributed by atoms with E-state index in [4.69, 9.17) is 0 Å². The summed E-state index contributed by atoms with van der Waals surface area (Å²) < 4.78 is 1.24. The van der Waals surface area contributed by atoms with Crippen molar-refractivity contribution in [1.82, 2.24) is 5.32 Å². The molecule has 1 aromatic rings. The van der Waals surface area contributed by atoms with Gasteiger partial charge in [0.2, 0.25) is 0 Å². The number of benzene rings is 1. The predicted molar refractivity (Wildman–Crippen MR) is 86.8 cm³/mol. The molecule has 1 fully saturated rings. The van der Waals surface area contributed by atoms with Crippen LogP contribution in [0, 0.1) is 0 Å². The minimum Gasteiger partial charge on any atom is -0.368 e. The molecule has 1 unspecified atom stereocenters. The van der Waals surface area contributed by atoms with E-state index in [-0.39, 0.29) is 0 Å². The minimum atomic E-state index is 0.703. The fraction of sp³-hybridized carbons (Fsp3) is 0.625. The number of hydrogen-bond donors (Lipinski definition) is 1. The lowest BCUT2D eigenvalue weighted by molar-refractivity contribution is 0.555. The number of halogens is 1. The number of hydrogen-bond acceptors (Lipinski definition) is 2. The minimum absolute atomic E-state index is 0.703. The topological polar surface area (TPSA) is 15.3 Å². The van der Waals surface area contributed by atoms with E-state index in [0.717, 1.165) is 6.54 Å². The third-order valence-electron chi connectivity index (χ3n) is 4.05. The summed E-state index contributed by atoms with van der Waals surface area (Å²) in [4.78, 5) is 2.61. The first-order valence-corrected chi connectivity index (χ1v) is 8.25. The Labute approximate surface area is 125 Å². The molecule has 3 heteroatoms. The first-order valence-electron chi connectivity index (χ1n) is 7.46. The fourth-order valence-corrected chi connectivity index (χ4v) is 3.67. The lowest BCUT2D eigenvalue weighted by Crippen LogP contribution is -2.34. The zero-order valence-electron chi connectivity index (χ0n) is 12.1. The lowest BCUT2D eigenvalue weighted by atomic mass is 10.1. The van der Waals surface area contributed by atoms with E-state index in [1.807, 2.05) is 7.05 Å². The van der Waals surface area contributed by atoms with Crippen LogP contribution in [-0.4, -0.2) is 19.6 Å². The molecule has 2 rings (SSSR count). The molecule has 1 aromatic carbocycles. The second-order valence-corrected chi connectivity index (χ2v) is 6.28. The molecule has 1 aliphatic rings. The normalized spacial score (nSPS) is 20.4. The molecule has 2 nitrogen and oxygen atoms in total. The molecule has 0 amide bonds. The van der Waals surface area contributed by atoms with Crippen LogP contribution in [0.4, 0.5) is 5.69 Å². The monoisotopic (exact) mass is 324 g/mol. The van der Waals surface area contributed by atoms with Gasteiger partial charge in [0, 0.05) is 23.6 Å². The Bertz CT molecular complexity index is 406. The molecule has 0 saturated carbocycles. The van der Waals surface area contributed by atoms with Crippen LogP contribution in [0.25, 0.3) is 0 Å². The second kappa shape index (κ2) is 7.30. The smallest absolute Gasteiger partial charge is 0.0513 e. The Morgan fingerprint density at radius 2 is 2.16 bits per heavy atom. The Morgan fingerprint density at radius 3 is 2.84 bits per heavy atom. The summed E-state index contributed by atoms with van der Waals surface area (Å²) in [5.74, 6) is 0. The maximum absolute atomic E-state index is 3.77. The molecule has 0 aromatic heterocycles. The van der Waals surface area contributed by atoms with E-state index >= 15 is 0 Å². The average molecular weight is 325 g/mol. The first kappa shape index (κ1) is 14.9. The Hall–Kier alpha value is -0.540. The molecule has 1 N–H and O–H groups in total. The van der Waals surface area contributed by atoms with Crippen molar-refractivity contribution in [3.05, 3.63) is 28.2 Å². The summed E-state index contributed by atoms with van der Waals surface area (Å²) >= 11 is 3.77. The number of nitrogens with zero attached hydrogens (tertiary/aromatic N) is 1. The summed E-state index contributed by atoms with van der Waals surface area (Å²) in [5, 5.41) is 3.21. The molecule has 106 valence electrons. The van der Waals surface area contributed by atoms with Gasteiger partial charge < -0.3 is 10.2 Å². The van der Waals surface area contributed by atoms with Gasteiger partial charge in [0.1, 0.15) is 0 Å². The Kier molecular flexibility index (Phi) is 5.71. The molecule has 1 heterocycles. The zero-order chi connectivity index (χ0) is 13.7. The van der Waals surface area contributed by atoms with E-state index < -0.39 is 0 Å². The number of anilines is 1. The highest BCUT2D eigenvalue weighted by Gasteiger charge is 2.21. The Balaban J connectivity index is 2.23. The van der Waals surface area contributed by atoms with Crippen LogP contribution in [0.3, 0.4) is 0 Å². The van der Waals surface area contributed by atoms with Crippen molar-refractivity contribution < 1.29 is 0 Å². The summed E-state index contributed by atoms with van der Waals surface area (Å²) in [6.45, 7) is 4.44. The molecule has 0 radical (unpaired) electrons. The lowest BCUT2D eigenvalue weighted by Gasteiger charge is -2.32. The predicted octanol–water partition coefficient (Wildman–Crippen LogP) is 4.33. The van der Waals surface area contributed by atoms with Gasteiger partial charge in [0.05, 0.1) is 5.69 Å². The van der Waals surface area contributed by atoms with Crippen LogP contribution in [0.5, 0.6) is 0 Å². The highest BCUT2D eigenvalue weighted by Crippen LogP contribution is 2.32. The molecule has 1 aliphatic heterocycles. The van der Waals surface area contributed by atoms with Gasteiger partial charge in [-0.1, -0.05) is 25.8 Å². The van der Waals surface area contributed by atoms with Gasteiger partial charge in [-0.3, -0.25) is 0 Å². The van der Waals surface area contributed by atoms with Crippen LogP contribution in [0.1, 0.15) is 44.6 Å². The SMILES string of the molecule is CCC1CCCCCN1c1ccc(CNC)cc1Br. The highest BCUT2D eigenvalue weighted by atomic mass is 79.9. The number of rotatable bonds is 4. The first-order chi connectivity index (χ1) is 9.26. The van der Waals surface area contributed by atoms with E-state index in [1.165, 1.54) is 54.4 Å². The quantitative estimate of drug-likeness (QED) is 0.886. The van der Waals surface area contributed by atoms with Crippen molar-refractivity contribution in [3.8, 4) is 0 Å². The molecule has 1 saturated heterocycles. The van der Waals surface area contributed by atoms with Crippen molar-refractivity contribution in [2.75, 3.05) is 18.5 Å². The van der Waals surface area contributed by atoms with Gasteiger partial charge >= 0.3 is 0 Å². The third kappa shape index (κ3) is 3.73. The van der Waals surface area contributed by atoms with Gasteiger partial charge in [-0.25, -0.2) is 0 Å². The van der Waals surface area contributed by atoms with Crippen LogP contribution in [0.15, 0.2) is 22.7 Å². The van der Waals surface area contributed by atoms with Crippen LogP contribution < -0.4 is 10.2 Å². The van der Waals surface area contributed by atoms with Gasteiger partial charge in [-0.2, -0.15) is 0 Å². The highest BCUT2D eigenvalue weighted by molar-refractivity contribution is 9.10. The zero-order valence-corrected chi connectivity index (χ0v) is 13.7. The summed E-state index contributed by atoms with van der Waals surface area (Å²) in [6.07, 6.45) is 6.65. The van der Waals surface area contributed by atoms with Crippen molar-refractivity contribution in [2.24, 2.45) is 0 Å². The van der Waals surface area contributed by atoms with E-state index in [1.54, 1.807) is 0 Å². The van der Waals surface area contributed by atoms with Crippen LogP contribution in [-0.2, 0) is 6.54 Å². The molecule has 19 heavy (non-hydrogen) atoms. The van der Waals surface area contributed by atoms with Gasteiger partial charge in [-0.05, 0) is 59.9 Å². The largest absolute Gasteiger partial charge is 0.368 e. The molecule has 0 spiro atoms. The maximum atomic E-state index is 3.77. The van der Waals surface area contributed by atoms with Gasteiger partial charge in [-0.15, -0.1) is 0 Å². The summed E-state index contributed by atoms with van der Waals surface area (Å²) in [7, 11) is 1.99. The fourth-order valence-electron chi connectivity index (χ4n) is 3.02. The van der Waals surface area contributed by atoms with Crippen molar-refractivity contribution in [1.29, 1.82) is 0 Å². The molecule has 1 atom stereocenters. The van der Waals surface area contributed by atoms with E-state index in [9.17, 15) is 0 Å². The van der Waals surface area contributed by atoms with Crippen molar-refractivity contribution >= 4 is 21.6 Å². The van der Waals surface area contributed by atoms with E-state index in [0.29, 0.717) is 6.04 Å². The van der Waals surface area contributed by atoms with E-state index in [2.05, 4.69) is 51.3 Å². The molecule has 0 aliphatic carbocycles. The van der Waals surface area contributed by atoms with Crippen LogP contribution in [0.2, 0.25) is 0 Å². The van der Waals surface area contributed by atoms with Crippen molar-refractivity contribution in [3.63, 3.8) is 0 Å². The second-order valence-electron chi connectivity index (χ2n) is 5.42. The summed E-state index contributed by atoms with van der Waals surface area (Å²) in [5.41, 5.74) is 2.70. The maximum Gasteiger partial charge on any atom is 0.0513 e. The van der Waals surface area contributed by atoms with Crippen molar-refractivity contribution in [2.45, 2.75) is 51.6 Å². The standard InChI is InChI=1S/C16H25BrN2/c1-3-14-7-5-4-6-10-19(14)16-9-8-13(12-18-2)11-15(16)17/h8-9,11,14,18H,3-7,10,12H2,1-2H3. The summed E-state index contributed by atoms with van der Waals surface area (Å²) in [6, 6.07) is 7.48. The third-order valence-corrected chi connectivity index (χ3v) is 4.69. The average Bonchev–Trinajstić information content (AvgIpc) is 2.64. The van der Waals surface area contributed by atoms with Crippen LogP contribution >= 0.6 is 15.9 Å². The van der Waals surface area contributed by atoms with Gasteiger partial charge in [0.25, 0.3) is 0 Å². The Morgan fingerprint density at radius 1 is 1.32 bits per heavy atom. The van der Waals surface area contributed by atoms with Gasteiger partial charge in [0.15, 0.2) is 0 Å².